The minimum Gasteiger partial charge on any atom is -0.341 e. The van der Waals surface area contributed by atoms with E-state index in [-0.39, 0.29) is 12.5 Å². The Morgan fingerprint density at radius 3 is 2.42 bits per heavy atom. The summed E-state index contributed by atoms with van der Waals surface area (Å²) >= 11 is 0. The number of nitrogens with one attached hydrogen (secondary N) is 1. The first-order valence-corrected chi connectivity index (χ1v) is 7.38. The van der Waals surface area contributed by atoms with Crippen molar-refractivity contribution in [2.75, 3.05) is 6.54 Å². The largest absolute Gasteiger partial charge is 0.341 e. The molecule has 1 N–H and O–H groups in total. The molecule has 0 saturated heterocycles. The number of aromatic nitrogens is 3. The van der Waals surface area contributed by atoms with E-state index in [1.54, 1.807) is 6.20 Å². The summed E-state index contributed by atoms with van der Waals surface area (Å²) in [6.07, 6.45) is 4.64. The molecule has 5 heteroatoms. The van der Waals surface area contributed by atoms with Gasteiger partial charge < -0.3 is 5.32 Å². The van der Waals surface area contributed by atoms with Crippen LogP contribution in [0.25, 0.3) is 11.5 Å². The predicted octanol–water partition coefficient (Wildman–Crippen LogP) is 2.32. The van der Waals surface area contributed by atoms with Gasteiger partial charge in [-0.15, -0.1) is 0 Å². The molecule has 0 atom stereocenters. The average Bonchev–Trinajstić information content (AvgIpc) is 2.67. The Morgan fingerprint density at radius 1 is 0.958 bits per heavy atom. The maximum absolute atomic E-state index is 12.0. The van der Waals surface area contributed by atoms with Crippen molar-refractivity contribution in [2.45, 2.75) is 0 Å². The van der Waals surface area contributed by atoms with Crippen LogP contribution in [0.1, 0.15) is 15.9 Å². The van der Waals surface area contributed by atoms with Gasteiger partial charge in [-0.25, -0.2) is 9.97 Å². The van der Waals surface area contributed by atoms with Crippen molar-refractivity contribution in [2.24, 2.45) is 0 Å². The lowest BCUT2D eigenvalue weighted by molar-refractivity contribution is 0.0958. The van der Waals surface area contributed by atoms with Gasteiger partial charge in [0.1, 0.15) is 5.69 Å². The fourth-order valence-electron chi connectivity index (χ4n) is 1.97. The Kier molecular flexibility index (Phi) is 4.91. The molecule has 1 amide bonds. The molecule has 3 aromatic rings. The number of amides is 1. The van der Waals surface area contributed by atoms with E-state index in [0.717, 1.165) is 5.56 Å². The van der Waals surface area contributed by atoms with Gasteiger partial charge in [-0.3, -0.25) is 9.78 Å². The lowest BCUT2D eigenvalue weighted by Gasteiger charge is -2.02. The monoisotopic (exact) mass is 314 g/mol. The molecular formula is C19H14N4O. The van der Waals surface area contributed by atoms with Crippen LogP contribution in [-0.2, 0) is 0 Å². The highest BCUT2D eigenvalue weighted by molar-refractivity contribution is 5.93. The molecule has 24 heavy (non-hydrogen) atoms. The molecule has 0 saturated carbocycles. The molecule has 0 unspecified atom stereocenters. The standard InChI is InChI=1S/C19H14N4O/c24-19(21-12-6-9-15-7-2-1-3-8-15)16-13-22-18(23-14-16)17-10-4-5-11-20-17/h1-5,7-8,10-11,13-14H,12H2,(H,21,24). The molecule has 0 spiro atoms. The van der Waals surface area contributed by atoms with E-state index < -0.39 is 0 Å². The molecule has 3 rings (SSSR count). The number of pyridine rings is 1. The van der Waals surface area contributed by atoms with Gasteiger partial charge in [0.25, 0.3) is 5.91 Å². The van der Waals surface area contributed by atoms with Crippen LogP contribution in [0, 0.1) is 11.8 Å². The zero-order valence-electron chi connectivity index (χ0n) is 12.8. The minimum absolute atomic E-state index is 0.259. The van der Waals surface area contributed by atoms with Crippen molar-refractivity contribution in [3.8, 4) is 23.4 Å². The second-order valence-electron chi connectivity index (χ2n) is 4.86. The van der Waals surface area contributed by atoms with Crippen molar-refractivity contribution in [3.63, 3.8) is 0 Å². The summed E-state index contributed by atoms with van der Waals surface area (Å²) in [6, 6.07) is 15.1. The summed E-state index contributed by atoms with van der Waals surface area (Å²) in [5, 5.41) is 2.72. The normalized spacial score (nSPS) is 9.67. The van der Waals surface area contributed by atoms with E-state index in [2.05, 4.69) is 32.1 Å². The van der Waals surface area contributed by atoms with Crippen LogP contribution in [0.5, 0.6) is 0 Å². The van der Waals surface area contributed by atoms with Crippen LogP contribution in [0.3, 0.4) is 0 Å². The highest BCUT2D eigenvalue weighted by Gasteiger charge is 2.07. The Morgan fingerprint density at radius 2 is 1.71 bits per heavy atom. The highest BCUT2D eigenvalue weighted by Crippen LogP contribution is 2.09. The number of rotatable bonds is 3. The first kappa shape index (κ1) is 15.4. The van der Waals surface area contributed by atoms with Crippen molar-refractivity contribution in [1.82, 2.24) is 20.3 Å². The maximum atomic E-state index is 12.0. The maximum Gasteiger partial charge on any atom is 0.255 e. The molecule has 2 aromatic heterocycles. The third kappa shape index (κ3) is 4.02. The summed E-state index contributed by atoms with van der Waals surface area (Å²) in [4.78, 5) is 24.5. The van der Waals surface area contributed by atoms with E-state index >= 15 is 0 Å². The van der Waals surface area contributed by atoms with Crippen LogP contribution < -0.4 is 5.32 Å². The van der Waals surface area contributed by atoms with Crippen LogP contribution in [0.2, 0.25) is 0 Å². The van der Waals surface area contributed by atoms with Gasteiger partial charge in [0.05, 0.1) is 12.1 Å². The third-order valence-corrected chi connectivity index (χ3v) is 3.15. The molecule has 5 nitrogen and oxygen atoms in total. The first-order valence-electron chi connectivity index (χ1n) is 7.38. The molecule has 1 aromatic carbocycles. The van der Waals surface area contributed by atoms with E-state index in [1.807, 2.05) is 48.5 Å². The molecule has 0 aliphatic rings. The molecule has 116 valence electrons. The van der Waals surface area contributed by atoms with E-state index in [4.69, 9.17) is 0 Å². The Hall–Kier alpha value is -3.52. The zero-order valence-corrected chi connectivity index (χ0v) is 12.8. The molecule has 2 heterocycles. The van der Waals surface area contributed by atoms with Crippen molar-refractivity contribution in [1.29, 1.82) is 0 Å². The van der Waals surface area contributed by atoms with Crippen molar-refractivity contribution >= 4 is 5.91 Å². The number of nitrogens with zero attached hydrogens (tertiary/aromatic N) is 3. The van der Waals surface area contributed by atoms with Gasteiger partial charge in [-0.2, -0.15) is 0 Å². The third-order valence-electron chi connectivity index (χ3n) is 3.15. The van der Waals surface area contributed by atoms with E-state index in [9.17, 15) is 4.79 Å². The van der Waals surface area contributed by atoms with Gasteiger partial charge in [0, 0.05) is 24.2 Å². The van der Waals surface area contributed by atoms with Crippen molar-refractivity contribution < 1.29 is 4.79 Å². The summed E-state index contributed by atoms with van der Waals surface area (Å²) in [7, 11) is 0. The van der Waals surface area contributed by atoms with Gasteiger partial charge in [-0.1, -0.05) is 36.1 Å². The average molecular weight is 314 g/mol. The second kappa shape index (κ2) is 7.65. The lowest BCUT2D eigenvalue weighted by atomic mass is 10.2. The van der Waals surface area contributed by atoms with E-state index in [1.165, 1.54) is 12.4 Å². The zero-order chi connectivity index (χ0) is 16.6. The molecule has 0 bridgehead atoms. The van der Waals surface area contributed by atoms with Gasteiger partial charge in [0.2, 0.25) is 0 Å². The number of hydrogen-bond acceptors (Lipinski definition) is 4. The summed E-state index contributed by atoms with van der Waals surface area (Å²) in [5.41, 5.74) is 1.96. The van der Waals surface area contributed by atoms with Gasteiger partial charge in [-0.05, 0) is 24.3 Å². The topological polar surface area (TPSA) is 67.8 Å². The van der Waals surface area contributed by atoms with Crippen molar-refractivity contribution in [3.05, 3.63) is 78.2 Å². The summed E-state index contributed by atoms with van der Waals surface area (Å²) < 4.78 is 0. The lowest BCUT2D eigenvalue weighted by Crippen LogP contribution is -2.24. The SMILES string of the molecule is O=C(NCC#Cc1ccccc1)c1cnc(-c2ccccn2)nc1. The molecule has 0 fully saturated rings. The Balaban J connectivity index is 1.59. The number of carbonyl (C=O) groups is 1. The minimum atomic E-state index is -0.259. The Labute approximate surface area is 139 Å². The molecule has 0 radical (unpaired) electrons. The van der Waals surface area contributed by atoms with Gasteiger partial charge >= 0.3 is 0 Å². The van der Waals surface area contributed by atoms with Crippen LogP contribution in [0.15, 0.2) is 67.1 Å². The van der Waals surface area contributed by atoms with Crippen LogP contribution in [0.4, 0.5) is 0 Å². The Bertz CT molecular complexity index is 866. The quantitative estimate of drug-likeness (QED) is 0.753. The smallest absolute Gasteiger partial charge is 0.255 e. The number of benzene rings is 1. The second-order valence-corrected chi connectivity index (χ2v) is 4.86. The summed E-state index contributed by atoms with van der Waals surface area (Å²) in [5.74, 6) is 6.11. The van der Waals surface area contributed by atoms with E-state index in [0.29, 0.717) is 17.1 Å². The highest BCUT2D eigenvalue weighted by atomic mass is 16.1. The summed E-state index contributed by atoms with van der Waals surface area (Å²) in [6.45, 7) is 0.260. The number of hydrogen-bond donors (Lipinski definition) is 1. The molecule has 0 aliphatic carbocycles. The van der Waals surface area contributed by atoms with Crippen LogP contribution >= 0.6 is 0 Å². The molecule has 0 aliphatic heterocycles. The van der Waals surface area contributed by atoms with Gasteiger partial charge in [0.15, 0.2) is 5.82 Å². The fourth-order valence-corrected chi connectivity index (χ4v) is 1.97. The fraction of sp³-hybridized carbons (Fsp3) is 0.0526. The number of carbonyl (C=O) groups excluding carboxylic acids is 1. The first-order chi connectivity index (χ1) is 11.8. The predicted molar refractivity (Wildman–Crippen MR) is 90.9 cm³/mol. The van der Waals surface area contributed by atoms with Crippen LogP contribution in [-0.4, -0.2) is 27.4 Å². The molecular weight excluding hydrogens is 300 g/mol.